The van der Waals surface area contributed by atoms with Crippen molar-refractivity contribution in [3.63, 3.8) is 0 Å². The highest BCUT2D eigenvalue weighted by Gasteiger charge is 2.30. The molecule has 96 valence electrons. The Bertz CT molecular complexity index is 721. The van der Waals surface area contributed by atoms with Crippen LogP contribution in [-0.2, 0) is 10.2 Å². The van der Waals surface area contributed by atoms with Gasteiger partial charge >= 0.3 is 11.9 Å². The third-order valence-corrected chi connectivity index (χ3v) is 3.47. The van der Waals surface area contributed by atoms with Gasteiger partial charge in [0.2, 0.25) is 0 Å². The lowest BCUT2D eigenvalue weighted by molar-refractivity contribution is 0.0444. The summed E-state index contributed by atoms with van der Waals surface area (Å²) in [5, 5.41) is 1.90. The van der Waals surface area contributed by atoms with Crippen LogP contribution in [0.5, 0.6) is 0 Å². The minimum Gasteiger partial charge on any atom is -0.386 e. The van der Waals surface area contributed by atoms with Crippen LogP contribution in [0.25, 0.3) is 10.8 Å². The van der Waals surface area contributed by atoms with E-state index >= 15 is 0 Å². The van der Waals surface area contributed by atoms with Crippen LogP contribution in [0.15, 0.2) is 30.3 Å². The number of cyclic esters (lactones) is 2. The topological polar surface area (TPSA) is 43.4 Å². The number of benzene rings is 2. The summed E-state index contributed by atoms with van der Waals surface area (Å²) in [5.74, 6) is -1.11. The van der Waals surface area contributed by atoms with Gasteiger partial charge in [-0.2, -0.15) is 0 Å². The Morgan fingerprint density at radius 1 is 0.842 bits per heavy atom. The van der Waals surface area contributed by atoms with E-state index in [-0.39, 0.29) is 5.41 Å². The van der Waals surface area contributed by atoms with E-state index in [2.05, 4.69) is 37.6 Å². The van der Waals surface area contributed by atoms with Crippen molar-refractivity contribution >= 4 is 22.7 Å². The number of ether oxygens (including phenoxy) is 1. The van der Waals surface area contributed by atoms with Gasteiger partial charge in [-0.3, -0.25) is 0 Å². The second-order valence-corrected chi connectivity index (χ2v) is 5.89. The number of fused-ring (bicyclic) bond motifs is 2. The first-order valence-electron chi connectivity index (χ1n) is 6.21. The number of hydrogen-bond acceptors (Lipinski definition) is 3. The van der Waals surface area contributed by atoms with Gasteiger partial charge in [0.15, 0.2) is 0 Å². The Hall–Kier alpha value is -2.16. The fraction of sp³-hybridized carbons (Fsp3) is 0.250. The second kappa shape index (κ2) is 3.67. The Kier molecular flexibility index (Phi) is 2.30. The molecule has 0 aliphatic carbocycles. The van der Waals surface area contributed by atoms with Crippen LogP contribution < -0.4 is 0 Å². The molecule has 1 aliphatic rings. The second-order valence-electron chi connectivity index (χ2n) is 5.89. The molecule has 0 radical (unpaired) electrons. The molecule has 0 fully saturated rings. The molecule has 2 aromatic carbocycles. The summed E-state index contributed by atoms with van der Waals surface area (Å²) in [5.41, 5.74) is 1.96. The third-order valence-electron chi connectivity index (χ3n) is 3.47. The van der Waals surface area contributed by atoms with Gasteiger partial charge in [-0.05, 0) is 33.9 Å². The van der Waals surface area contributed by atoms with Crippen LogP contribution >= 0.6 is 0 Å². The van der Waals surface area contributed by atoms with Gasteiger partial charge in [0.25, 0.3) is 0 Å². The summed E-state index contributed by atoms with van der Waals surface area (Å²) < 4.78 is 4.62. The Balaban J connectivity index is 2.26. The zero-order chi connectivity index (χ0) is 13.8. The van der Waals surface area contributed by atoms with Crippen molar-refractivity contribution in [3.8, 4) is 0 Å². The maximum Gasteiger partial charge on any atom is 0.346 e. The fourth-order valence-corrected chi connectivity index (χ4v) is 2.30. The SMILES string of the molecule is CC(C)(C)c1ccc2cc3c(cc2c1)C(=O)OC3=O. The van der Waals surface area contributed by atoms with Crippen LogP contribution in [0, 0.1) is 0 Å². The van der Waals surface area contributed by atoms with Gasteiger partial charge in [0, 0.05) is 0 Å². The summed E-state index contributed by atoms with van der Waals surface area (Å²) >= 11 is 0. The van der Waals surface area contributed by atoms with E-state index in [1.54, 1.807) is 12.1 Å². The highest BCUT2D eigenvalue weighted by Crippen LogP contribution is 2.30. The summed E-state index contributed by atoms with van der Waals surface area (Å²) in [7, 11) is 0. The average Bonchev–Trinajstić information content (AvgIpc) is 2.60. The molecule has 19 heavy (non-hydrogen) atoms. The van der Waals surface area contributed by atoms with Crippen molar-refractivity contribution in [2.75, 3.05) is 0 Å². The number of rotatable bonds is 0. The maximum absolute atomic E-state index is 11.6. The molecule has 0 atom stereocenters. The van der Waals surface area contributed by atoms with E-state index in [0.29, 0.717) is 11.1 Å². The number of carbonyl (C=O) groups is 2. The van der Waals surface area contributed by atoms with Crippen molar-refractivity contribution in [2.45, 2.75) is 26.2 Å². The lowest BCUT2D eigenvalue weighted by atomic mass is 9.85. The Labute approximate surface area is 111 Å². The van der Waals surface area contributed by atoms with Gasteiger partial charge in [0.1, 0.15) is 0 Å². The highest BCUT2D eigenvalue weighted by atomic mass is 16.6. The van der Waals surface area contributed by atoms with E-state index in [0.717, 1.165) is 10.8 Å². The standard InChI is InChI=1S/C16H14O3/c1-16(2,3)11-5-4-9-7-12-13(8-10(9)6-11)15(18)19-14(12)17/h4-8H,1-3H3. The summed E-state index contributed by atoms with van der Waals surface area (Å²) in [6.45, 7) is 6.41. The van der Waals surface area contributed by atoms with Gasteiger partial charge < -0.3 is 4.74 Å². The van der Waals surface area contributed by atoms with Gasteiger partial charge in [-0.15, -0.1) is 0 Å². The molecule has 1 heterocycles. The molecule has 0 amide bonds. The molecular formula is C16H14O3. The van der Waals surface area contributed by atoms with Gasteiger partial charge in [0.05, 0.1) is 11.1 Å². The molecule has 0 bridgehead atoms. The van der Waals surface area contributed by atoms with E-state index in [4.69, 9.17) is 0 Å². The van der Waals surface area contributed by atoms with Crippen molar-refractivity contribution in [1.82, 2.24) is 0 Å². The van der Waals surface area contributed by atoms with Crippen LogP contribution in [0.3, 0.4) is 0 Å². The molecule has 3 heteroatoms. The van der Waals surface area contributed by atoms with E-state index < -0.39 is 11.9 Å². The van der Waals surface area contributed by atoms with Crippen LogP contribution in [0.4, 0.5) is 0 Å². The molecule has 0 aromatic heterocycles. The lowest BCUT2D eigenvalue weighted by Gasteiger charge is -2.19. The first-order valence-corrected chi connectivity index (χ1v) is 6.21. The minimum absolute atomic E-state index is 0.0452. The van der Waals surface area contributed by atoms with E-state index in [1.807, 2.05) is 6.07 Å². The minimum atomic E-state index is -0.554. The van der Waals surface area contributed by atoms with Crippen LogP contribution in [0.2, 0.25) is 0 Å². The molecule has 0 N–H and O–H groups in total. The van der Waals surface area contributed by atoms with E-state index in [9.17, 15) is 9.59 Å². The molecular weight excluding hydrogens is 240 g/mol. The first-order chi connectivity index (χ1) is 8.86. The number of carbonyl (C=O) groups excluding carboxylic acids is 2. The molecule has 1 aliphatic heterocycles. The lowest BCUT2D eigenvalue weighted by Crippen LogP contribution is -2.10. The van der Waals surface area contributed by atoms with Gasteiger partial charge in [-0.25, -0.2) is 9.59 Å². The van der Waals surface area contributed by atoms with Crippen LogP contribution in [-0.4, -0.2) is 11.9 Å². The number of esters is 2. The Morgan fingerprint density at radius 2 is 1.42 bits per heavy atom. The smallest absolute Gasteiger partial charge is 0.346 e. The van der Waals surface area contributed by atoms with Gasteiger partial charge in [-0.1, -0.05) is 39.0 Å². The summed E-state index contributed by atoms with van der Waals surface area (Å²) in [6, 6.07) is 9.56. The predicted octanol–water partition coefficient (Wildman–Crippen LogP) is 3.45. The summed E-state index contributed by atoms with van der Waals surface area (Å²) in [4.78, 5) is 23.1. The quantitative estimate of drug-likeness (QED) is 0.534. The summed E-state index contributed by atoms with van der Waals surface area (Å²) in [6.07, 6.45) is 0. The predicted molar refractivity (Wildman–Crippen MR) is 72.4 cm³/mol. The highest BCUT2D eigenvalue weighted by molar-refractivity contribution is 6.17. The molecule has 3 nitrogen and oxygen atoms in total. The molecule has 0 saturated carbocycles. The first kappa shape index (κ1) is 11.9. The molecule has 0 unspecified atom stereocenters. The van der Waals surface area contributed by atoms with E-state index in [1.165, 1.54) is 5.56 Å². The maximum atomic E-state index is 11.6. The monoisotopic (exact) mass is 254 g/mol. The fourth-order valence-electron chi connectivity index (χ4n) is 2.30. The van der Waals surface area contributed by atoms with Crippen LogP contribution in [0.1, 0.15) is 47.1 Å². The third kappa shape index (κ3) is 1.82. The normalized spacial score (nSPS) is 14.7. The van der Waals surface area contributed by atoms with Crippen molar-refractivity contribution in [1.29, 1.82) is 0 Å². The molecule has 3 rings (SSSR count). The number of hydrogen-bond donors (Lipinski definition) is 0. The van der Waals surface area contributed by atoms with Crippen molar-refractivity contribution < 1.29 is 14.3 Å². The largest absolute Gasteiger partial charge is 0.386 e. The molecule has 0 spiro atoms. The average molecular weight is 254 g/mol. The van der Waals surface area contributed by atoms with Crippen molar-refractivity contribution in [2.24, 2.45) is 0 Å². The Morgan fingerprint density at radius 3 is 2.00 bits per heavy atom. The zero-order valence-corrected chi connectivity index (χ0v) is 11.1. The molecule has 2 aromatic rings. The molecule has 0 saturated heterocycles. The van der Waals surface area contributed by atoms with Crippen molar-refractivity contribution in [3.05, 3.63) is 47.0 Å². The zero-order valence-electron chi connectivity index (χ0n) is 11.1.